The van der Waals surface area contributed by atoms with Gasteiger partial charge in [-0.15, -0.1) is 0 Å². The molecule has 0 aliphatic carbocycles. The second kappa shape index (κ2) is 7.88. The molecule has 0 aliphatic heterocycles. The predicted molar refractivity (Wildman–Crippen MR) is 112 cm³/mol. The molecule has 5 nitrogen and oxygen atoms in total. The van der Waals surface area contributed by atoms with Crippen molar-refractivity contribution in [1.82, 2.24) is 14.5 Å². The second-order valence-corrected chi connectivity index (χ2v) is 6.17. The summed E-state index contributed by atoms with van der Waals surface area (Å²) in [6, 6.07) is 18.6. The van der Waals surface area contributed by atoms with E-state index in [1.54, 1.807) is 23.0 Å². The van der Waals surface area contributed by atoms with Crippen LogP contribution in [0.3, 0.4) is 0 Å². The molecule has 28 heavy (non-hydrogen) atoms. The third-order valence-electron chi connectivity index (χ3n) is 4.32. The molecule has 0 fully saturated rings. The van der Waals surface area contributed by atoms with Crippen molar-refractivity contribution in [2.75, 3.05) is 6.61 Å². The number of ether oxygens (including phenoxy) is 1. The van der Waals surface area contributed by atoms with Gasteiger partial charge in [0.05, 0.1) is 23.2 Å². The minimum Gasteiger partial charge on any atom is -0.494 e. The zero-order valence-corrected chi connectivity index (χ0v) is 15.4. The summed E-state index contributed by atoms with van der Waals surface area (Å²) < 4.78 is 7.12. The Hall–Kier alpha value is -3.73. The molecule has 138 valence electrons. The first kappa shape index (κ1) is 17.7. The number of benzene rings is 2. The molecule has 4 aromatic rings. The van der Waals surface area contributed by atoms with Crippen molar-refractivity contribution >= 4 is 23.1 Å². The van der Waals surface area contributed by atoms with Crippen molar-refractivity contribution in [2.24, 2.45) is 0 Å². The summed E-state index contributed by atoms with van der Waals surface area (Å²) in [4.78, 5) is 22.0. The maximum absolute atomic E-state index is 13.2. The first-order valence-electron chi connectivity index (χ1n) is 9.09. The van der Waals surface area contributed by atoms with Gasteiger partial charge >= 0.3 is 0 Å². The third kappa shape index (κ3) is 3.55. The van der Waals surface area contributed by atoms with E-state index in [1.165, 1.54) is 0 Å². The molecule has 0 aliphatic rings. The van der Waals surface area contributed by atoms with Crippen LogP contribution in [-0.2, 0) is 0 Å². The van der Waals surface area contributed by atoms with Crippen LogP contribution in [0.15, 0.2) is 77.9 Å². The molecule has 5 heteroatoms. The lowest BCUT2D eigenvalue weighted by Crippen LogP contribution is -2.22. The minimum absolute atomic E-state index is 0.111. The minimum atomic E-state index is -0.111. The number of rotatable bonds is 5. The average Bonchev–Trinajstić information content (AvgIpc) is 2.74. The smallest absolute Gasteiger partial charge is 0.266 e. The quantitative estimate of drug-likeness (QED) is 0.525. The number of hydrogen-bond donors (Lipinski definition) is 0. The van der Waals surface area contributed by atoms with Crippen LogP contribution in [0.1, 0.15) is 18.3 Å². The van der Waals surface area contributed by atoms with Crippen molar-refractivity contribution in [3.8, 4) is 11.4 Å². The fraction of sp³-hybridized carbons (Fsp3) is 0.0870. The fourth-order valence-electron chi connectivity index (χ4n) is 3.01. The summed E-state index contributed by atoms with van der Waals surface area (Å²) in [5.41, 5.74) is 2.22. The molecule has 2 heterocycles. The van der Waals surface area contributed by atoms with Crippen LogP contribution < -0.4 is 10.3 Å². The predicted octanol–water partition coefficient (Wildman–Crippen LogP) is 4.35. The van der Waals surface area contributed by atoms with E-state index in [-0.39, 0.29) is 5.56 Å². The number of pyridine rings is 1. The van der Waals surface area contributed by atoms with Gasteiger partial charge in [0.15, 0.2) is 0 Å². The summed E-state index contributed by atoms with van der Waals surface area (Å²) in [6.07, 6.45) is 7.22. The van der Waals surface area contributed by atoms with Crippen LogP contribution in [-0.4, -0.2) is 21.1 Å². The van der Waals surface area contributed by atoms with Gasteiger partial charge in [-0.1, -0.05) is 18.2 Å². The van der Waals surface area contributed by atoms with Gasteiger partial charge in [-0.3, -0.25) is 14.3 Å². The van der Waals surface area contributed by atoms with E-state index in [1.807, 2.05) is 73.7 Å². The van der Waals surface area contributed by atoms with Crippen LogP contribution >= 0.6 is 0 Å². The Morgan fingerprint density at radius 2 is 1.82 bits per heavy atom. The second-order valence-electron chi connectivity index (χ2n) is 6.17. The highest BCUT2D eigenvalue weighted by atomic mass is 16.5. The number of aromatic nitrogens is 3. The lowest BCUT2D eigenvalue weighted by atomic mass is 10.2. The fourth-order valence-corrected chi connectivity index (χ4v) is 3.01. The van der Waals surface area contributed by atoms with E-state index in [9.17, 15) is 4.79 Å². The molecular formula is C23H19N3O2. The summed E-state index contributed by atoms with van der Waals surface area (Å²) in [5.74, 6) is 1.32. The maximum atomic E-state index is 13.2. The Labute approximate surface area is 162 Å². The number of hydrogen-bond acceptors (Lipinski definition) is 4. The average molecular weight is 369 g/mol. The molecule has 4 rings (SSSR count). The highest BCUT2D eigenvalue weighted by Crippen LogP contribution is 2.18. The summed E-state index contributed by atoms with van der Waals surface area (Å²) in [7, 11) is 0. The molecule has 0 atom stereocenters. The zero-order valence-electron chi connectivity index (χ0n) is 15.4. The van der Waals surface area contributed by atoms with Gasteiger partial charge in [0.2, 0.25) is 0 Å². The van der Waals surface area contributed by atoms with Gasteiger partial charge in [0.25, 0.3) is 5.56 Å². The Bertz CT molecular complexity index is 1180. The van der Waals surface area contributed by atoms with Gasteiger partial charge in [-0.2, -0.15) is 0 Å². The third-order valence-corrected chi connectivity index (χ3v) is 4.32. The summed E-state index contributed by atoms with van der Waals surface area (Å²) >= 11 is 0. The van der Waals surface area contributed by atoms with E-state index in [0.717, 1.165) is 17.0 Å². The van der Waals surface area contributed by atoms with Crippen molar-refractivity contribution in [2.45, 2.75) is 6.92 Å². The van der Waals surface area contributed by atoms with E-state index in [0.29, 0.717) is 23.3 Å². The molecule has 0 unspecified atom stereocenters. The van der Waals surface area contributed by atoms with Crippen molar-refractivity contribution in [1.29, 1.82) is 0 Å². The number of para-hydroxylation sites is 1. The number of nitrogens with zero attached hydrogens (tertiary/aromatic N) is 3. The summed E-state index contributed by atoms with van der Waals surface area (Å²) in [6.45, 7) is 2.53. The van der Waals surface area contributed by atoms with Gasteiger partial charge in [-0.05, 0) is 67.1 Å². The largest absolute Gasteiger partial charge is 0.494 e. The standard InChI is InChI=1S/C23H19N3O2/c1-2-28-19-12-10-18(11-13-19)26-22(14-9-17-6-5-15-24-16-17)25-21-8-4-3-7-20(21)23(26)27/h3-16H,2H2,1H3/b14-9+. The molecule has 0 spiro atoms. The first-order chi connectivity index (χ1) is 13.8. The Morgan fingerprint density at radius 3 is 2.57 bits per heavy atom. The Morgan fingerprint density at radius 1 is 1.00 bits per heavy atom. The maximum Gasteiger partial charge on any atom is 0.266 e. The lowest BCUT2D eigenvalue weighted by Gasteiger charge is -2.12. The molecule has 0 N–H and O–H groups in total. The Kier molecular flexibility index (Phi) is 4.97. The van der Waals surface area contributed by atoms with Gasteiger partial charge in [-0.25, -0.2) is 4.98 Å². The Balaban J connectivity index is 1.88. The topological polar surface area (TPSA) is 57.0 Å². The van der Waals surface area contributed by atoms with Gasteiger partial charge < -0.3 is 4.74 Å². The summed E-state index contributed by atoms with van der Waals surface area (Å²) in [5, 5.41) is 0.579. The first-order valence-corrected chi connectivity index (χ1v) is 9.09. The van der Waals surface area contributed by atoms with Gasteiger partial charge in [0, 0.05) is 12.4 Å². The van der Waals surface area contributed by atoms with Gasteiger partial charge in [0.1, 0.15) is 11.6 Å². The molecule has 2 aromatic heterocycles. The van der Waals surface area contributed by atoms with Crippen LogP contribution in [0.2, 0.25) is 0 Å². The number of fused-ring (bicyclic) bond motifs is 1. The van der Waals surface area contributed by atoms with E-state index in [2.05, 4.69) is 4.98 Å². The highest BCUT2D eigenvalue weighted by Gasteiger charge is 2.11. The van der Waals surface area contributed by atoms with Crippen molar-refractivity contribution in [3.05, 3.63) is 94.8 Å². The normalized spacial score (nSPS) is 11.2. The molecule has 0 saturated carbocycles. The highest BCUT2D eigenvalue weighted by molar-refractivity contribution is 5.80. The van der Waals surface area contributed by atoms with E-state index >= 15 is 0 Å². The van der Waals surface area contributed by atoms with Crippen LogP contribution in [0.4, 0.5) is 0 Å². The van der Waals surface area contributed by atoms with Crippen molar-refractivity contribution in [3.63, 3.8) is 0 Å². The van der Waals surface area contributed by atoms with E-state index in [4.69, 9.17) is 9.72 Å². The molecule has 0 radical (unpaired) electrons. The molecule has 0 bridgehead atoms. The van der Waals surface area contributed by atoms with Crippen LogP contribution in [0, 0.1) is 0 Å². The molecule has 0 amide bonds. The molecule has 2 aromatic carbocycles. The van der Waals surface area contributed by atoms with Crippen LogP contribution in [0.5, 0.6) is 5.75 Å². The van der Waals surface area contributed by atoms with E-state index < -0.39 is 0 Å². The molecule has 0 saturated heterocycles. The SMILES string of the molecule is CCOc1ccc(-n2c(/C=C/c3cccnc3)nc3ccccc3c2=O)cc1. The zero-order chi connectivity index (χ0) is 19.3. The molecular weight excluding hydrogens is 350 g/mol. The van der Waals surface area contributed by atoms with Crippen LogP contribution in [0.25, 0.3) is 28.7 Å². The van der Waals surface area contributed by atoms with Crippen molar-refractivity contribution < 1.29 is 4.74 Å². The monoisotopic (exact) mass is 369 g/mol. The lowest BCUT2D eigenvalue weighted by molar-refractivity contribution is 0.340.